The molecule has 27 heavy (non-hydrogen) atoms. The lowest BCUT2D eigenvalue weighted by atomic mass is 9.78. The Balaban J connectivity index is 1.99. The predicted octanol–water partition coefficient (Wildman–Crippen LogP) is 0.901. The average Bonchev–Trinajstić information content (AvgIpc) is 2.61. The van der Waals surface area contributed by atoms with E-state index in [1.165, 1.54) is 0 Å². The number of nitrogens with two attached hydrogens (primary N) is 1. The van der Waals surface area contributed by atoms with Gasteiger partial charge in [-0.25, -0.2) is 8.42 Å². The summed E-state index contributed by atoms with van der Waals surface area (Å²) in [7, 11) is -3.36. The fourth-order valence-electron chi connectivity index (χ4n) is 3.35. The fourth-order valence-corrected chi connectivity index (χ4v) is 3.92. The van der Waals surface area contributed by atoms with Gasteiger partial charge in [0.15, 0.2) is 0 Å². The van der Waals surface area contributed by atoms with Crippen molar-refractivity contribution in [3.8, 4) is 6.07 Å². The molecule has 0 heterocycles. The standard InChI is InChI=1S/C18H24N4O4S/c1-27(25,26)22-13-8-6-12(7-9-13)10-14(11-19)21-18(24)16-5-3-2-4-15(16)17(20)23/h6-9,14-16,22H,2-5,10H2,1H3,(H2,20,23)(H,21,24)/t14?,15-,16+/m0/s1. The number of nitrogens with zero attached hydrogens (tertiary/aromatic N) is 1. The zero-order valence-electron chi connectivity index (χ0n) is 15.1. The van der Waals surface area contributed by atoms with E-state index >= 15 is 0 Å². The van der Waals surface area contributed by atoms with Crippen LogP contribution in [0.2, 0.25) is 0 Å². The monoisotopic (exact) mass is 392 g/mol. The van der Waals surface area contributed by atoms with E-state index < -0.39 is 33.8 Å². The molecule has 0 aromatic heterocycles. The second-order valence-electron chi connectivity index (χ2n) is 6.87. The highest BCUT2D eigenvalue weighted by Gasteiger charge is 2.35. The third-order valence-electron chi connectivity index (χ3n) is 4.64. The zero-order valence-corrected chi connectivity index (χ0v) is 16.0. The van der Waals surface area contributed by atoms with Crippen molar-refractivity contribution >= 4 is 27.5 Å². The Morgan fingerprint density at radius 2 is 1.81 bits per heavy atom. The first-order valence-corrected chi connectivity index (χ1v) is 10.6. The summed E-state index contributed by atoms with van der Waals surface area (Å²) in [5.41, 5.74) is 6.60. The van der Waals surface area contributed by atoms with Crippen LogP contribution < -0.4 is 15.8 Å². The molecular formula is C18H24N4O4S. The Morgan fingerprint density at radius 3 is 2.33 bits per heavy atom. The van der Waals surface area contributed by atoms with E-state index in [0.29, 0.717) is 18.5 Å². The van der Waals surface area contributed by atoms with Crippen LogP contribution in [0.5, 0.6) is 0 Å². The van der Waals surface area contributed by atoms with Crippen LogP contribution in [0.25, 0.3) is 0 Å². The Kier molecular flexibility index (Phi) is 6.80. The molecule has 1 aromatic carbocycles. The maximum absolute atomic E-state index is 12.5. The number of carbonyl (C=O) groups excluding carboxylic acids is 2. The van der Waals surface area contributed by atoms with Crippen molar-refractivity contribution in [3.05, 3.63) is 29.8 Å². The highest BCUT2D eigenvalue weighted by molar-refractivity contribution is 7.92. The molecule has 4 N–H and O–H groups in total. The van der Waals surface area contributed by atoms with Gasteiger partial charge in [-0.1, -0.05) is 25.0 Å². The zero-order chi connectivity index (χ0) is 20.0. The van der Waals surface area contributed by atoms with E-state index in [2.05, 4.69) is 16.1 Å². The molecule has 0 radical (unpaired) electrons. The summed E-state index contributed by atoms with van der Waals surface area (Å²) in [6.07, 6.45) is 4.24. The van der Waals surface area contributed by atoms with Gasteiger partial charge in [-0.2, -0.15) is 5.26 Å². The van der Waals surface area contributed by atoms with Crippen molar-refractivity contribution in [1.29, 1.82) is 5.26 Å². The topological polar surface area (TPSA) is 142 Å². The smallest absolute Gasteiger partial charge is 0.229 e. The molecule has 1 saturated carbocycles. The van der Waals surface area contributed by atoms with Gasteiger partial charge in [0.1, 0.15) is 6.04 Å². The van der Waals surface area contributed by atoms with Gasteiger partial charge in [0.2, 0.25) is 21.8 Å². The van der Waals surface area contributed by atoms with Crippen molar-refractivity contribution in [2.45, 2.75) is 38.1 Å². The molecule has 2 rings (SSSR count). The molecule has 1 aliphatic rings. The van der Waals surface area contributed by atoms with E-state index in [1.807, 2.05) is 0 Å². The molecule has 1 fully saturated rings. The fraction of sp³-hybridized carbons (Fsp3) is 0.500. The van der Waals surface area contributed by atoms with Gasteiger partial charge in [0, 0.05) is 23.9 Å². The van der Waals surface area contributed by atoms with E-state index in [4.69, 9.17) is 5.73 Å². The largest absolute Gasteiger partial charge is 0.369 e. The van der Waals surface area contributed by atoms with Crippen molar-refractivity contribution < 1.29 is 18.0 Å². The first-order chi connectivity index (χ1) is 12.7. The van der Waals surface area contributed by atoms with Gasteiger partial charge in [0.05, 0.1) is 12.3 Å². The number of nitriles is 1. The Labute approximate surface area is 159 Å². The van der Waals surface area contributed by atoms with Gasteiger partial charge in [-0.05, 0) is 30.5 Å². The molecule has 1 unspecified atom stereocenters. The summed E-state index contributed by atoms with van der Waals surface area (Å²) < 4.78 is 24.8. The summed E-state index contributed by atoms with van der Waals surface area (Å²) in [5.74, 6) is -1.77. The number of amides is 2. The molecule has 9 heteroatoms. The van der Waals surface area contributed by atoms with Gasteiger partial charge in [0.25, 0.3) is 0 Å². The van der Waals surface area contributed by atoms with Crippen LogP contribution in [0.15, 0.2) is 24.3 Å². The van der Waals surface area contributed by atoms with Crippen LogP contribution in [0.3, 0.4) is 0 Å². The molecular weight excluding hydrogens is 368 g/mol. The number of hydrogen-bond acceptors (Lipinski definition) is 5. The van der Waals surface area contributed by atoms with Crippen LogP contribution in [0.4, 0.5) is 5.69 Å². The number of primary amides is 1. The first kappa shape index (κ1) is 20.7. The summed E-state index contributed by atoms with van der Waals surface area (Å²) in [4.78, 5) is 24.1. The van der Waals surface area contributed by atoms with Gasteiger partial charge in [-0.3, -0.25) is 14.3 Å². The quantitative estimate of drug-likeness (QED) is 0.632. The van der Waals surface area contributed by atoms with Crippen LogP contribution in [-0.4, -0.2) is 32.5 Å². The molecule has 0 bridgehead atoms. The number of rotatable bonds is 7. The van der Waals surface area contributed by atoms with Crippen LogP contribution in [-0.2, 0) is 26.0 Å². The van der Waals surface area contributed by atoms with Crippen LogP contribution in [0.1, 0.15) is 31.2 Å². The Bertz CT molecular complexity index is 830. The first-order valence-electron chi connectivity index (χ1n) is 8.75. The van der Waals surface area contributed by atoms with Crippen molar-refractivity contribution in [3.63, 3.8) is 0 Å². The molecule has 0 saturated heterocycles. The minimum atomic E-state index is -3.36. The summed E-state index contributed by atoms with van der Waals surface area (Å²) in [6, 6.07) is 7.88. The minimum absolute atomic E-state index is 0.273. The number of sulfonamides is 1. The third-order valence-corrected chi connectivity index (χ3v) is 5.24. The highest BCUT2D eigenvalue weighted by Crippen LogP contribution is 2.30. The second kappa shape index (κ2) is 8.86. The molecule has 3 atom stereocenters. The molecule has 0 spiro atoms. The molecule has 1 aromatic rings. The lowest BCUT2D eigenvalue weighted by Crippen LogP contribution is -2.45. The number of hydrogen-bond donors (Lipinski definition) is 3. The van der Waals surface area contributed by atoms with Crippen molar-refractivity contribution in [1.82, 2.24) is 5.32 Å². The number of nitrogens with one attached hydrogen (secondary N) is 2. The average molecular weight is 392 g/mol. The predicted molar refractivity (Wildman–Crippen MR) is 101 cm³/mol. The van der Waals surface area contributed by atoms with E-state index in [-0.39, 0.29) is 12.3 Å². The molecule has 8 nitrogen and oxygen atoms in total. The third kappa shape index (κ3) is 6.25. The molecule has 0 aliphatic heterocycles. The van der Waals surface area contributed by atoms with E-state index in [0.717, 1.165) is 24.7 Å². The van der Waals surface area contributed by atoms with Crippen LogP contribution in [0, 0.1) is 23.2 Å². The van der Waals surface area contributed by atoms with Crippen LogP contribution >= 0.6 is 0 Å². The maximum Gasteiger partial charge on any atom is 0.229 e. The number of anilines is 1. The maximum atomic E-state index is 12.5. The number of benzene rings is 1. The molecule has 1 aliphatic carbocycles. The van der Waals surface area contributed by atoms with Crippen molar-refractivity contribution in [2.24, 2.45) is 17.6 Å². The minimum Gasteiger partial charge on any atom is -0.369 e. The summed E-state index contributed by atoms with van der Waals surface area (Å²) >= 11 is 0. The van der Waals surface area contributed by atoms with Gasteiger partial charge in [-0.15, -0.1) is 0 Å². The van der Waals surface area contributed by atoms with E-state index in [1.54, 1.807) is 24.3 Å². The SMILES string of the molecule is CS(=O)(=O)Nc1ccc(CC(C#N)NC(=O)[C@@H]2CCCC[C@@H]2C(N)=O)cc1. The van der Waals surface area contributed by atoms with E-state index in [9.17, 15) is 23.3 Å². The summed E-state index contributed by atoms with van der Waals surface area (Å²) in [6.45, 7) is 0. The Hall–Kier alpha value is -2.60. The highest BCUT2D eigenvalue weighted by atomic mass is 32.2. The normalized spacial score (nSPS) is 20.9. The van der Waals surface area contributed by atoms with Crippen molar-refractivity contribution in [2.75, 3.05) is 11.0 Å². The second-order valence-corrected chi connectivity index (χ2v) is 8.61. The molecule has 146 valence electrons. The van der Waals surface area contributed by atoms with Gasteiger partial charge >= 0.3 is 0 Å². The molecule has 2 amide bonds. The lowest BCUT2D eigenvalue weighted by molar-refractivity contribution is -0.135. The lowest BCUT2D eigenvalue weighted by Gasteiger charge is -2.29. The number of carbonyl (C=O) groups is 2. The Morgan fingerprint density at radius 1 is 1.22 bits per heavy atom. The summed E-state index contributed by atoms with van der Waals surface area (Å²) in [5, 5.41) is 12.1. The van der Waals surface area contributed by atoms with Gasteiger partial charge < -0.3 is 11.1 Å².